The summed E-state index contributed by atoms with van der Waals surface area (Å²) in [6, 6.07) is 8.04. The number of hydrogen-bond donors (Lipinski definition) is 2. The summed E-state index contributed by atoms with van der Waals surface area (Å²) < 4.78 is 1.07. The summed E-state index contributed by atoms with van der Waals surface area (Å²) in [6.07, 6.45) is 7.85. The van der Waals surface area contributed by atoms with Gasteiger partial charge in [0.15, 0.2) is 0 Å². The first-order valence-corrected chi connectivity index (χ1v) is 8.40. The minimum absolute atomic E-state index is 0.121. The Hall–Kier alpha value is -1.29. The van der Waals surface area contributed by atoms with Crippen LogP contribution < -0.4 is 10.6 Å². The summed E-state index contributed by atoms with van der Waals surface area (Å²) in [6.45, 7) is 2.75. The van der Waals surface area contributed by atoms with Crippen molar-refractivity contribution in [3.05, 3.63) is 46.1 Å². The van der Waals surface area contributed by atoms with Gasteiger partial charge in [-0.15, -0.1) is 0 Å². The molecule has 0 spiro atoms. The molecule has 1 aliphatic rings. The first kappa shape index (κ1) is 16.1. The highest BCUT2D eigenvalue weighted by molar-refractivity contribution is 9.10. The van der Waals surface area contributed by atoms with Crippen LogP contribution in [0.4, 0.5) is 4.79 Å². The molecule has 4 heteroatoms. The Bertz CT molecular complexity index is 490. The van der Waals surface area contributed by atoms with Crippen LogP contribution >= 0.6 is 15.9 Å². The first-order chi connectivity index (χ1) is 10.1. The smallest absolute Gasteiger partial charge is 0.318 e. The van der Waals surface area contributed by atoms with E-state index in [1.165, 1.54) is 36.8 Å². The second-order valence-corrected chi connectivity index (χ2v) is 6.56. The molecular weight excluding hydrogens is 328 g/mol. The predicted octanol–water partition coefficient (Wildman–Crippen LogP) is 4.38. The first-order valence-electron chi connectivity index (χ1n) is 7.60. The Labute approximate surface area is 135 Å². The summed E-state index contributed by atoms with van der Waals surface area (Å²) >= 11 is 3.41. The molecule has 114 valence electrons. The number of benzene rings is 1. The third kappa shape index (κ3) is 5.54. The normalized spacial score (nSPS) is 16.0. The number of hydrogen-bond acceptors (Lipinski definition) is 1. The zero-order valence-corrected chi connectivity index (χ0v) is 14.1. The van der Waals surface area contributed by atoms with Crippen LogP contribution in [0.25, 0.3) is 0 Å². The number of rotatable bonds is 5. The summed E-state index contributed by atoms with van der Waals surface area (Å²) in [4.78, 5) is 11.7. The molecule has 0 unspecified atom stereocenters. The molecule has 0 bridgehead atoms. The largest absolute Gasteiger partial charge is 0.338 e. The summed E-state index contributed by atoms with van der Waals surface area (Å²) in [5.74, 6) is 0.660. The van der Waals surface area contributed by atoms with Crippen molar-refractivity contribution in [2.45, 2.75) is 39.0 Å². The second kappa shape index (κ2) is 8.23. The molecule has 0 saturated heterocycles. The summed E-state index contributed by atoms with van der Waals surface area (Å²) in [5, 5.41) is 5.72. The van der Waals surface area contributed by atoms with Gasteiger partial charge in [-0.05, 0) is 49.8 Å². The minimum Gasteiger partial charge on any atom is -0.338 e. The van der Waals surface area contributed by atoms with Crippen molar-refractivity contribution in [2.75, 3.05) is 6.54 Å². The number of carbonyl (C=O) groups is 1. The van der Waals surface area contributed by atoms with Crippen LogP contribution in [0.15, 0.2) is 40.5 Å². The molecule has 1 aliphatic carbocycles. The average molecular weight is 351 g/mol. The maximum absolute atomic E-state index is 11.7. The number of allylic oxidation sites excluding steroid dienone is 1. The van der Waals surface area contributed by atoms with Crippen molar-refractivity contribution >= 4 is 22.0 Å². The molecule has 3 nitrogen and oxygen atoms in total. The van der Waals surface area contributed by atoms with Crippen LogP contribution in [0.3, 0.4) is 0 Å². The molecule has 0 aliphatic heterocycles. The molecule has 1 saturated carbocycles. The quantitative estimate of drug-likeness (QED) is 0.812. The van der Waals surface area contributed by atoms with Gasteiger partial charge in [0.25, 0.3) is 0 Å². The van der Waals surface area contributed by atoms with Gasteiger partial charge < -0.3 is 10.6 Å². The Kier molecular flexibility index (Phi) is 6.30. The fourth-order valence-electron chi connectivity index (χ4n) is 2.70. The third-order valence-corrected chi connectivity index (χ3v) is 4.57. The zero-order chi connectivity index (χ0) is 15.1. The Morgan fingerprint density at radius 2 is 1.95 bits per heavy atom. The fourth-order valence-corrected chi connectivity index (χ4v) is 2.97. The lowest BCUT2D eigenvalue weighted by Crippen LogP contribution is -2.33. The molecule has 0 aromatic heterocycles. The van der Waals surface area contributed by atoms with E-state index in [9.17, 15) is 4.79 Å². The molecule has 2 rings (SSSR count). The molecule has 0 radical (unpaired) electrons. The Morgan fingerprint density at radius 3 is 2.62 bits per heavy atom. The molecule has 2 N–H and O–H groups in total. The number of amides is 2. The van der Waals surface area contributed by atoms with Gasteiger partial charge in [0, 0.05) is 17.2 Å². The molecule has 0 heterocycles. The van der Waals surface area contributed by atoms with Gasteiger partial charge in [-0.2, -0.15) is 0 Å². The van der Waals surface area contributed by atoms with E-state index in [1.54, 1.807) is 0 Å². The SMILES string of the molecule is C/C(=C\NC(=O)NCCc1ccc(Br)cc1)C1CCCC1. The van der Waals surface area contributed by atoms with E-state index >= 15 is 0 Å². The van der Waals surface area contributed by atoms with Gasteiger partial charge in [0.05, 0.1) is 0 Å². The van der Waals surface area contributed by atoms with Crippen molar-refractivity contribution < 1.29 is 4.79 Å². The predicted molar refractivity (Wildman–Crippen MR) is 90.1 cm³/mol. The van der Waals surface area contributed by atoms with E-state index < -0.39 is 0 Å². The molecule has 1 fully saturated rings. The number of nitrogens with one attached hydrogen (secondary N) is 2. The molecule has 2 amide bonds. The van der Waals surface area contributed by atoms with E-state index in [-0.39, 0.29) is 6.03 Å². The van der Waals surface area contributed by atoms with Crippen molar-refractivity contribution in [1.29, 1.82) is 0 Å². The van der Waals surface area contributed by atoms with Gasteiger partial charge in [0.1, 0.15) is 0 Å². The second-order valence-electron chi connectivity index (χ2n) is 5.65. The zero-order valence-electron chi connectivity index (χ0n) is 12.5. The van der Waals surface area contributed by atoms with E-state index in [4.69, 9.17) is 0 Å². The Balaban J connectivity index is 1.67. The monoisotopic (exact) mass is 350 g/mol. The highest BCUT2D eigenvalue weighted by Crippen LogP contribution is 2.30. The highest BCUT2D eigenvalue weighted by atomic mass is 79.9. The standard InChI is InChI=1S/C17H23BrN2O/c1-13(15-4-2-3-5-15)12-20-17(21)19-11-10-14-6-8-16(18)9-7-14/h6-9,12,15H,2-5,10-11H2,1H3,(H2,19,20,21)/b13-12+. The maximum atomic E-state index is 11.7. The van der Waals surface area contributed by atoms with Crippen molar-refractivity contribution in [3.63, 3.8) is 0 Å². The highest BCUT2D eigenvalue weighted by Gasteiger charge is 2.16. The lowest BCUT2D eigenvalue weighted by Gasteiger charge is -2.10. The molecule has 0 atom stereocenters. The van der Waals surface area contributed by atoms with Crippen LogP contribution in [0.5, 0.6) is 0 Å². The van der Waals surface area contributed by atoms with E-state index in [1.807, 2.05) is 18.3 Å². The van der Waals surface area contributed by atoms with Crippen LogP contribution in [0.1, 0.15) is 38.2 Å². The molecule has 1 aromatic carbocycles. The fraction of sp³-hybridized carbons (Fsp3) is 0.471. The van der Waals surface area contributed by atoms with E-state index in [0.29, 0.717) is 12.5 Å². The van der Waals surface area contributed by atoms with Gasteiger partial charge in [-0.25, -0.2) is 4.79 Å². The van der Waals surface area contributed by atoms with Crippen LogP contribution in [-0.2, 0) is 6.42 Å². The lowest BCUT2D eigenvalue weighted by atomic mass is 10.0. The van der Waals surface area contributed by atoms with Gasteiger partial charge in [-0.1, -0.05) is 46.5 Å². The van der Waals surface area contributed by atoms with Crippen LogP contribution in [-0.4, -0.2) is 12.6 Å². The van der Waals surface area contributed by atoms with Crippen molar-refractivity contribution in [3.8, 4) is 0 Å². The topological polar surface area (TPSA) is 41.1 Å². The van der Waals surface area contributed by atoms with E-state index in [0.717, 1.165) is 10.9 Å². The lowest BCUT2D eigenvalue weighted by molar-refractivity contribution is 0.244. The third-order valence-electron chi connectivity index (χ3n) is 4.04. The molecular formula is C17H23BrN2O. The van der Waals surface area contributed by atoms with Gasteiger partial charge >= 0.3 is 6.03 Å². The summed E-state index contributed by atoms with van der Waals surface area (Å²) in [7, 11) is 0. The maximum Gasteiger partial charge on any atom is 0.318 e. The minimum atomic E-state index is -0.121. The Morgan fingerprint density at radius 1 is 1.29 bits per heavy atom. The van der Waals surface area contributed by atoms with Crippen molar-refractivity contribution in [1.82, 2.24) is 10.6 Å². The van der Waals surface area contributed by atoms with Gasteiger partial charge in [-0.3, -0.25) is 0 Å². The number of urea groups is 1. The number of carbonyl (C=O) groups excluding carboxylic acids is 1. The average Bonchev–Trinajstić information content (AvgIpc) is 3.01. The summed E-state index contributed by atoms with van der Waals surface area (Å²) in [5.41, 5.74) is 2.51. The molecule has 1 aromatic rings. The van der Waals surface area contributed by atoms with Crippen molar-refractivity contribution in [2.24, 2.45) is 5.92 Å². The van der Waals surface area contributed by atoms with Crippen LogP contribution in [0, 0.1) is 5.92 Å². The van der Waals surface area contributed by atoms with Crippen LogP contribution in [0.2, 0.25) is 0 Å². The molecule has 21 heavy (non-hydrogen) atoms. The van der Waals surface area contributed by atoms with E-state index in [2.05, 4.69) is 45.6 Å². The van der Waals surface area contributed by atoms with Gasteiger partial charge in [0.2, 0.25) is 0 Å². The number of halogens is 1.